The van der Waals surface area contributed by atoms with Crippen LogP contribution in [0.4, 0.5) is 17.1 Å². The first-order valence-electron chi connectivity index (χ1n) is 7.61. The molecule has 0 saturated carbocycles. The summed E-state index contributed by atoms with van der Waals surface area (Å²) >= 11 is 0. The molecule has 0 heterocycles. The van der Waals surface area contributed by atoms with Crippen molar-refractivity contribution in [1.82, 2.24) is 0 Å². The van der Waals surface area contributed by atoms with Crippen molar-refractivity contribution in [2.45, 2.75) is 6.92 Å². The van der Waals surface area contributed by atoms with E-state index in [9.17, 15) is 4.79 Å². The standard InChI is InChI=1S/C18H19N3O4/c1-4-24-18(22)12-25-15-8-5-13(6-9-15)20-21-16-10-7-14(19-2)11-17(16)23-3/h5-11H,2,4,12H2,1,3H3/b21-20+. The first kappa shape index (κ1) is 18.1. The van der Waals surface area contributed by atoms with E-state index in [1.54, 1.807) is 56.5 Å². The number of ether oxygens (including phenoxy) is 3. The SMILES string of the molecule is C=Nc1ccc(/N=N/c2ccc(OCC(=O)OCC)cc2)c(OC)c1. The number of carbonyl (C=O) groups is 1. The molecule has 7 nitrogen and oxygen atoms in total. The number of azo groups is 1. The van der Waals surface area contributed by atoms with Gasteiger partial charge in [0.1, 0.15) is 17.2 Å². The number of methoxy groups -OCH3 is 1. The van der Waals surface area contributed by atoms with E-state index in [1.165, 1.54) is 0 Å². The van der Waals surface area contributed by atoms with Gasteiger partial charge in [-0.25, -0.2) is 4.79 Å². The van der Waals surface area contributed by atoms with Crippen molar-refractivity contribution in [3.63, 3.8) is 0 Å². The Kier molecular flexibility index (Phi) is 6.65. The minimum atomic E-state index is -0.407. The Hall–Kier alpha value is -3.22. The van der Waals surface area contributed by atoms with Crippen LogP contribution in [0.3, 0.4) is 0 Å². The van der Waals surface area contributed by atoms with Gasteiger partial charge in [0.05, 0.1) is 25.1 Å². The molecule has 0 aliphatic rings. The van der Waals surface area contributed by atoms with E-state index in [0.29, 0.717) is 35.2 Å². The fourth-order valence-electron chi connectivity index (χ4n) is 1.91. The summed E-state index contributed by atoms with van der Waals surface area (Å²) in [5.74, 6) is 0.699. The highest BCUT2D eigenvalue weighted by molar-refractivity contribution is 5.71. The van der Waals surface area contributed by atoms with Crippen molar-refractivity contribution >= 4 is 29.7 Å². The van der Waals surface area contributed by atoms with E-state index in [2.05, 4.69) is 21.9 Å². The quantitative estimate of drug-likeness (QED) is 0.405. The highest BCUT2D eigenvalue weighted by atomic mass is 16.6. The summed E-state index contributed by atoms with van der Waals surface area (Å²) in [6.45, 7) is 5.42. The molecule has 0 saturated heterocycles. The highest BCUT2D eigenvalue weighted by Gasteiger charge is 2.04. The molecule has 0 spiro atoms. The van der Waals surface area contributed by atoms with E-state index < -0.39 is 5.97 Å². The number of aliphatic imine (C=N–C) groups is 1. The van der Waals surface area contributed by atoms with E-state index in [-0.39, 0.29) is 6.61 Å². The zero-order valence-corrected chi connectivity index (χ0v) is 14.1. The lowest BCUT2D eigenvalue weighted by Gasteiger charge is -2.06. The molecular formula is C18H19N3O4. The number of esters is 1. The molecule has 0 radical (unpaired) electrons. The molecule has 2 rings (SSSR count). The normalized spacial score (nSPS) is 10.5. The van der Waals surface area contributed by atoms with E-state index >= 15 is 0 Å². The minimum Gasteiger partial charge on any atom is -0.494 e. The number of hydrogen-bond donors (Lipinski definition) is 0. The van der Waals surface area contributed by atoms with Gasteiger partial charge in [0.25, 0.3) is 0 Å². The predicted molar refractivity (Wildman–Crippen MR) is 94.9 cm³/mol. The Bertz CT molecular complexity index is 757. The van der Waals surface area contributed by atoms with Gasteiger partial charge in [-0.1, -0.05) is 0 Å². The molecule has 0 atom stereocenters. The first-order valence-corrected chi connectivity index (χ1v) is 7.61. The zero-order valence-electron chi connectivity index (χ0n) is 14.1. The molecule has 0 N–H and O–H groups in total. The average molecular weight is 341 g/mol. The van der Waals surface area contributed by atoms with Crippen LogP contribution in [0.5, 0.6) is 11.5 Å². The summed E-state index contributed by atoms with van der Waals surface area (Å²) in [4.78, 5) is 15.1. The summed E-state index contributed by atoms with van der Waals surface area (Å²) in [5.41, 5.74) is 1.91. The van der Waals surface area contributed by atoms with Gasteiger partial charge in [0, 0.05) is 6.07 Å². The molecule has 0 fully saturated rings. The third kappa shape index (κ3) is 5.42. The summed E-state index contributed by atoms with van der Waals surface area (Å²) in [6.07, 6.45) is 0. The van der Waals surface area contributed by atoms with Crippen molar-refractivity contribution in [3.8, 4) is 11.5 Å². The molecule has 25 heavy (non-hydrogen) atoms. The van der Waals surface area contributed by atoms with Crippen LogP contribution in [-0.2, 0) is 9.53 Å². The minimum absolute atomic E-state index is 0.129. The molecule has 0 amide bonds. The predicted octanol–water partition coefficient (Wildman–Crippen LogP) is 4.38. The number of nitrogens with zero attached hydrogens (tertiary/aromatic N) is 3. The molecule has 130 valence electrons. The Balaban J connectivity index is 2.02. The van der Waals surface area contributed by atoms with Gasteiger partial charge in [-0.3, -0.25) is 4.99 Å². The van der Waals surface area contributed by atoms with Crippen LogP contribution in [0.1, 0.15) is 6.92 Å². The third-order valence-corrected chi connectivity index (χ3v) is 3.12. The summed E-state index contributed by atoms with van der Waals surface area (Å²) < 4.78 is 15.4. The first-order chi connectivity index (χ1) is 12.2. The fraction of sp³-hybridized carbons (Fsp3) is 0.222. The number of carbonyl (C=O) groups excluding carboxylic acids is 1. The van der Waals surface area contributed by atoms with E-state index in [1.807, 2.05) is 0 Å². The van der Waals surface area contributed by atoms with Crippen molar-refractivity contribution in [1.29, 1.82) is 0 Å². The molecule has 0 aromatic heterocycles. The maximum atomic E-state index is 11.2. The Morgan fingerprint density at radius 2 is 1.80 bits per heavy atom. The van der Waals surface area contributed by atoms with E-state index in [0.717, 1.165) is 0 Å². The van der Waals surface area contributed by atoms with Crippen molar-refractivity contribution in [2.75, 3.05) is 20.3 Å². The number of hydrogen-bond acceptors (Lipinski definition) is 7. The van der Waals surface area contributed by atoms with Gasteiger partial charge in [0.15, 0.2) is 6.61 Å². The van der Waals surface area contributed by atoms with Crippen LogP contribution >= 0.6 is 0 Å². The number of rotatable bonds is 8. The summed E-state index contributed by atoms with van der Waals surface area (Å²) in [5, 5.41) is 8.33. The Morgan fingerprint density at radius 1 is 1.08 bits per heavy atom. The zero-order chi connectivity index (χ0) is 18.1. The maximum absolute atomic E-state index is 11.2. The van der Waals surface area contributed by atoms with Crippen molar-refractivity contribution < 1.29 is 19.0 Å². The molecule has 0 bridgehead atoms. The van der Waals surface area contributed by atoms with E-state index in [4.69, 9.17) is 14.2 Å². The monoisotopic (exact) mass is 341 g/mol. The summed E-state index contributed by atoms with van der Waals surface area (Å²) in [7, 11) is 1.55. The Morgan fingerprint density at radius 3 is 2.44 bits per heavy atom. The molecule has 0 aliphatic heterocycles. The van der Waals surface area contributed by atoms with Gasteiger partial charge in [-0.2, -0.15) is 5.11 Å². The summed E-state index contributed by atoms with van der Waals surface area (Å²) in [6, 6.07) is 12.1. The topological polar surface area (TPSA) is 81.8 Å². The third-order valence-electron chi connectivity index (χ3n) is 3.12. The van der Waals surface area contributed by atoms with Crippen LogP contribution in [0.2, 0.25) is 0 Å². The lowest BCUT2D eigenvalue weighted by Crippen LogP contribution is -2.14. The largest absolute Gasteiger partial charge is 0.494 e. The average Bonchev–Trinajstić information content (AvgIpc) is 2.65. The lowest BCUT2D eigenvalue weighted by molar-refractivity contribution is -0.145. The van der Waals surface area contributed by atoms with Crippen LogP contribution in [0, 0.1) is 0 Å². The highest BCUT2D eigenvalue weighted by Crippen LogP contribution is 2.32. The van der Waals surface area contributed by atoms with Crippen LogP contribution in [0.25, 0.3) is 0 Å². The molecule has 2 aromatic carbocycles. The molecule has 0 unspecified atom stereocenters. The van der Waals surface area contributed by atoms with Crippen molar-refractivity contribution in [2.24, 2.45) is 15.2 Å². The fourth-order valence-corrected chi connectivity index (χ4v) is 1.91. The van der Waals surface area contributed by atoms with Gasteiger partial charge < -0.3 is 14.2 Å². The van der Waals surface area contributed by atoms with Gasteiger partial charge in [0.2, 0.25) is 0 Å². The van der Waals surface area contributed by atoms with Crippen LogP contribution in [-0.4, -0.2) is 33.0 Å². The molecule has 2 aromatic rings. The van der Waals surface area contributed by atoms with Crippen molar-refractivity contribution in [3.05, 3.63) is 42.5 Å². The molecular weight excluding hydrogens is 322 g/mol. The molecule has 7 heteroatoms. The second-order valence-electron chi connectivity index (χ2n) is 4.80. The van der Waals surface area contributed by atoms with Gasteiger partial charge >= 0.3 is 5.97 Å². The smallest absolute Gasteiger partial charge is 0.344 e. The van der Waals surface area contributed by atoms with Crippen LogP contribution in [0.15, 0.2) is 57.7 Å². The van der Waals surface area contributed by atoms with Gasteiger partial charge in [-0.05, 0) is 50.0 Å². The number of benzene rings is 2. The van der Waals surface area contributed by atoms with Crippen LogP contribution < -0.4 is 9.47 Å². The maximum Gasteiger partial charge on any atom is 0.344 e. The second-order valence-corrected chi connectivity index (χ2v) is 4.80. The lowest BCUT2D eigenvalue weighted by atomic mass is 10.2. The Labute approximate surface area is 146 Å². The molecule has 0 aliphatic carbocycles. The second kappa shape index (κ2) is 9.17. The van der Waals surface area contributed by atoms with Gasteiger partial charge in [-0.15, -0.1) is 5.11 Å².